The quantitative estimate of drug-likeness (QED) is 0.910. The van der Waals surface area contributed by atoms with Crippen molar-refractivity contribution in [3.63, 3.8) is 0 Å². The lowest BCUT2D eigenvalue weighted by atomic mass is 10.1. The van der Waals surface area contributed by atoms with Crippen molar-refractivity contribution in [2.24, 2.45) is 0 Å². The number of carboxylic acids is 1. The van der Waals surface area contributed by atoms with E-state index in [9.17, 15) is 9.90 Å². The van der Waals surface area contributed by atoms with Gasteiger partial charge in [-0.15, -0.1) is 5.10 Å². The fraction of sp³-hybridized carbons (Fsp3) is 0.333. The van der Waals surface area contributed by atoms with Gasteiger partial charge in [0.15, 0.2) is 0 Å². The summed E-state index contributed by atoms with van der Waals surface area (Å²) in [6.45, 7) is 5.73. The number of hydrogen-bond acceptors (Lipinski definition) is 5. The highest BCUT2D eigenvalue weighted by molar-refractivity contribution is 5.91. The molecule has 0 bridgehead atoms. The Bertz CT molecular complexity index is 671. The highest BCUT2D eigenvalue weighted by Gasteiger charge is 2.16. The maximum absolute atomic E-state index is 11.3. The first-order chi connectivity index (χ1) is 10.1. The molecule has 2 aromatic rings. The van der Waals surface area contributed by atoms with Crippen LogP contribution in [0.2, 0.25) is 0 Å². The van der Waals surface area contributed by atoms with Crippen LogP contribution in [0.25, 0.3) is 0 Å². The Morgan fingerprint density at radius 1 is 1.19 bits per heavy atom. The van der Waals surface area contributed by atoms with Gasteiger partial charge in [0.1, 0.15) is 11.3 Å². The van der Waals surface area contributed by atoms with Gasteiger partial charge < -0.3 is 9.84 Å². The van der Waals surface area contributed by atoms with E-state index in [4.69, 9.17) is 4.74 Å². The Kier molecular flexibility index (Phi) is 4.47. The molecule has 110 valence electrons. The normalized spacial score (nSPS) is 10.4. The fourth-order valence-electron chi connectivity index (χ4n) is 2.01. The molecule has 0 saturated carbocycles. The van der Waals surface area contributed by atoms with E-state index in [1.807, 2.05) is 13.8 Å². The van der Waals surface area contributed by atoms with Crippen LogP contribution < -0.4 is 4.74 Å². The molecular weight excluding hydrogens is 270 g/mol. The standard InChI is InChI=1S/C15H17N3O3/c1-4-11-12(5-2)17-18-15(16-11)21-13-9(3)7-6-8-10(13)14(19)20/h6-8H,4-5H2,1-3H3,(H,19,20). The van der Waals surface area contributed by atoms with Crippen molar-refractivity contribution in [3.8, 4) is 11.8 Å². The van der Waals surface area contributed by atoms with Crippen LogP contribution in [-0.2, 0) is 12.8 Å². The van der Waals surface area contributed by atoms with Crippen LogP contribution in [0.4, 0.5) is 0 Å². The van der Waals surface area contributed by atoms with Crippen LogP contribution >= 0.6 is 0 Å². The molecule has 0 aliphatic heterocycles. The van der Waals surface area contributed by atoms with Crippen molar-refractivity contribution < 1.29 is 14.6 Å². The molecular formula is C15H17N3O3. The molecule has 0 aliphatic carbocycles. The lowest BCUT2D eigenvalue weighted by molar-refractivity contribution is 0.0694. The summed E-state index contributed by atoms with van der Waals surface area (Å²) in [7, 11) is 0. The average Bonchev–Trinajstić information content (AvgIpc) is 2.48. The van der Waals surface area contributed by atoms with Gasteiger partial charge in [0, 0.05) is 0 Å². The minimum atomic E-state index is -1.05. The molecule has 1 N–H and O–H groups in total. The van der Waals surface area contributed by atoms with Gasteiger partial charge in [-0.2, -0.15) is 4.98 Å². The second-order valence-electron chi connectivity index (χ2n) is 4.55. The molecule has 2 rings (SSSR count). The summed E-state index contributed by atoms with van der Waals surface area (Å²) in [4.78, 5) is 15.6. The first kappa shape index (κ1) is 14.9. The highest BCUT2D eigenvalue weighted by atomic mass is 16.5. The van der Waals surface area contributed by atoms with E-state index in [0.29, 0.717) is 12.0 Å². The molecule has 0 radical (unpaired) electrons. The summed E-state index contributed by atoms with van der Waals surface area (Å²) >= 11 is 0. The maximum Gasteiger partial charge on any atom is 0.341 e. The Labute approximate surface area is 122 Å². The van der Waals surface area contributed by atoms with Gasteiger partial charge in [-0.25, -0.2) is 4.79 Å². The number of para-hydroxylation sites is 1. The molecule has 0 fully saturated rings. The SMILES string of the molecule is CCc1nnc(Oc2c(C)cccc2C(=O)O)nc1CC. The van der Waals surface area contributed by atoms with E-state index in [1.165, 1.54) is 6.07 Å². The zero-order valence-electron chi connectivity index (χ0n) is 12.3. The number of rotatable bonds is 5. The molecule has 6 heteroatoms. The predicted octanol–water partition coefficient (Wildman–Crippen LogP) is 2.80. The molecule has 6 nitrogen and oxygen atoms in total. The molecule has 0 aliphatic rings. The zero-order valence-corrected chi connectivity index (χ0v) is 12.3. The van der Waals surface area contributed by atoms with Crippen molar-refractivity contribution in [2.75, 3.05) is 0 Å². The maximum atomic E-state index is 11.3. The summed E-state index contributed by atoms with van der Waals surface area (Å²) in [6.07, 6.45) is 1.46. The van der Waals surface area contributed by atoms with Gasteiger partial charge in [-0.05, 0) is 31.4 Å². The lowest BCUT2D eigenvalue weighted by Crippen LogP contribution is -2.07. The van der Waals surface area contributed by atoms with Crippen LogP contribution in [0.5, 0.6) is 11.8 Å². The van der Waals surface area contributed by atoms with E-state index in [2.05, 4.69) is 15.2 Å². The number of nitrogens with zero attached hydrogens (tertiary/aromatic N) is 3. The number of aryl methyl sites for hydroxylation is 3. The third-order valence-electron chi connectivity index (χ3n) is 3.13. The van der Waals surface area contributed by atoms with Crippen LogP contribution in [0.15, 0.2) is 18.2 Å². The third kappa shape index (κ3) is 3.16. The average molecular weight is 287 g/mol. The molecule has 0 amide bonds. The summed E-state index contributed by atoms with van der Waals surface area (Å²) < 4.78 is 5.58. The summed E-state index contributed by atoms with van der Waals surface area (Å²) in [5, 5.41) is 17.2. The topological polar surface area (TPSA) is 85.2 Å². The van der Waals surface area contributed by atoms with Gasteiger partial charge in [-0.3, -0.25) is 0 Å². The van der Waals surface area contributed by atoms with Crippen molar-refractivity contribution in [2.45, 2.75) is 33.6 Å². The second-order valence-corrected chi connectivity index (χ2v) is 4.55. The monoisotopic (exact) mass is 287 g/mol. The minimum Gasteiger partial charge on any atom is -0.478 e. The number of ether oxygens (including phenoxy) is 1. The number of aromatic nitrogens is 3. The smallest absolute Gasteiger partial charge is 0.341 e. The van der Waals surface area contributed by atoms with Crippen LogP contribution in [-0.4, -0.2) is 26.3 Å². The molecule has 1 aromatic carbocycles. The molecule has 21 heavy (non-hydrogen) atoms. The van der Waals surface area contributed by atoms with Crippen LogP contribution in [0, 0.1) is 6.92 Å². The number of carboxylic acid groups (broad SMARTS) is 1. The van der Waals surface area contributed by atoms with Gasteiger partial charge in [-0.1, -0.05) is 31.1 Å². The summed E-state index contributed by atoms with van der Waals surface area (Å²) in [5.41, 5.74) is 2.42. The second kappa shape index (κ2) is 6.30. The lowest BCUT2D eigenvalue weighted by Gasteiger charge is -2.11. The largest absolute Gasteiger partial charge is 0.478 e. The van der Waals surface area contributed by atoms with Gasteiger partial charge in [0.2, 0.25) is 0 Å². The van der Waals surface area contributed by atoms with Crippen LogP contribution in [0.1, 0.15) is 41.2 Å². The zero-order chi connectivity index (χ0) is 15.4. The number of carbonyl (C=O) groups is 1. The van der Waals surface area contributed by atoms with E-state index in [-0.39, 0.29) is 17.3 Å². The Hall–Kier alpha value is -2.50. The minimum absolute atomic E-state index is 0.0702. The summed E-state index contributed by atoms with van der Waals surface area (Å²) in [5.74, 6) is -0.805. The van der Waals surface area contributed by atoms with Crippen LogP contribution in [0.3, 0.4) is 0 Å². The number of benzene rings is 1. The van der Waals surface area contributed by atoms with E-state index in [1.54, 1.807) is 19.1 Å². The highest BCUT2D eigenvalue weighted by Crippen LogP contribution is 2.27. The first-order valence-corrected chi connectivity index (χ1v) is 6.80. The third-order valence-corrected chi connectivity index (χ3v) is 3.13. The van der Waals surface area contributed by atoms with Crippen molar-refractivity contribution in [1.82, 2.24) is 15.2 Å². The Morgan fingerprint density at radius 2 is 1.90 bits per heavy atom. The molecule has 0 spiro atoms. The predicted molar refractivity (Wildman–Crippen MR) is 76.8 cm³/mol. The fourth-order valence-corrected chi connectivity index (χ4v) is 2.01. The first-order valence-electron chi connectivity index (χ1n) is 6.80. The van der Waals surface area contributed by atoms with Crippen molar-refractivity contribution in [3.05, 3.63) is 40.7 Å². The number of aromatic carboxylic acids is 1. The van der Waals surface area contributed by atoms with Gasteiger partial charge in [0.05, 0.1) is 11.4 Å². The Morgan fingerprint density at radius 3 is 2.52 bits per heavy atom. The van der Waals surface area contributed by atoms with E-state index < -0.39 is 5.97 Å². The van der Waals surface area contributed by atoms with Gasteiger partial charge >= 0.3 is 12.0 Å². The molecule has 0 atom stereocenters. The molecule has 0 unspecified atom stereocenters. The summed E-state index contributed by atoms with van der Waals surface area (Å²) in [6, 6.07) is 5.00. The van der Waals surface area contributed by atoms with E-state index in [0.717, 1.165) is 17.8 Å². The van der Waals surface area contributed by atoms with Crippen molar-refractivity contribution in [1.29, 1.82) is 0 Å². The van der Waals surface area contributed by atoms with Gasteiger partial charge in [0.25, 0.3) is 0 Å². The van der Waals surface area contributed by atoms with E-state index >= 15 is 0 Å². The van der Waals surface area contributed by atoms with Crippen molar-refractivity contribution >= 4 is 5.97 Å². The molecule has 0 saturated heterocycles. The molecule has 1 aromatic heterocycles. The number of hydrogen-bond donors (Lipinski definition) is 1. The Balaban J connectivity index is 2.41. The molecule has 1 heterocycles.